The van der Waals surface area contributed by atoms with Crippen molar-refractivity contribution in [1.29, 1.82) is 0 Å². The molecule has 0 radical (unpaired) electrons. The molecule has 3 N–H and O–H groups in total. The summed E-state index contributed by atoms with van der Waals surface area (Å²) in [6, 6.07) is 12.7. The Labute approximate surface area is 190 Å². The number of rotatable bonds is 6. The Kier molecular flexibility index (Phi) is 6.69. The maximum atomic E-state index is 12.8. The second-order valence-electron chi connectivity index (χ2n) is 7.09. The maximum absolute atomic E-state index is 12.8. The van der Waals surface area contributed by atoms with E-state index in [0.29, 0.717) is 34.0 Å². The van der Waals surface area contributed by atoms with Gasteiger partial charge >= 0.3 is 0 Å². The number of aromatic amines is 1. The van der Waals surface area contributed by atoms with Crippen LogP contribution in [-0.4, -0.2) is 32.1 Å². The van der Waals surface area contributed by atoms with E-state index >= 15 is 0 Å². The number of hydrogen-bond acceptors (Lipinski definition) is 5. The summed E-state index contributed by atoms with van der Waals surface area (Å²) in [7, 11) is 0. The molecule has 0 aliphatic carbocycles. The largest absolute Gasteiger partial charge is 0.436 e. The topological polar surface area (TPSA) is 104 Å². The molecule has 9 heteroatoms. The number of carbonyl (C=O) groups is 1. The van der Waals surface area contributed by atoms with E-state index in [2.05, 4.69) is 20.3 Å². The van der Waals surface area contributed by atoms with Gasteiger partial charge in [0.1, 0.15) is 11.2 Å². The Bertz CT molecular complexity index is 1170. The van der Waals surface area contributed by atoms with Gasteiger partial charge in [-0.3, -0.25) is 4.79 Å². The minimum absolute atomic E-state index is 0. The number of benzene rings is 2. The van der Waals surface area contributed by atoms with E-state index in [1.165, 1.54) is 12.5 Å². The van der Waals surface area contributed by atoms with Gasteiger partial charge in [-0.15, -0.1) is 12.4 Å². The summed E-state index contributed by atoms with van der Waals surface area (Å²) in [5.74, 6) is 0.0424. The fourth-order valence-electron chi connectivity index (χ4n) is 3.65. The molecule has 0 bridgehead atoms. The molecule has 4 rings (SSSR count). The first kappa shape index (κ1) is 22.8. The van der Waals surface area contributed by atoms with Gasteiger partial charge in [-0.2, -0.15) is 0 Å². The lowest BCUT2D eigenvalue weighted by Gasteiger charge is -2.37. The molecule has 1 amide bonds. The van der Waals surface area contributed by atoms with Gasteiger partial charge in [0.2, 0.25) is 5.89 Å². The van der Waals surface area contributed by atoms with Crippen LogP contribution in [0.25, 0.3) is 22.6 Å². The highest BCUT2D eigenvalue weighted by molar-refractivity contribution is 6.30. The number of nitrogens with one attached hydrogen (secondary N) is 2. The molecule has 0 aliphatic rings. The van der Waals surface area contributed by atoms with Crippen LogP contribution in [0.1, 0.15) is 36.3 Å². The summed E-state index contributed by atoms with van der Waals surface area (Å²) in [5.41, 5.74) is 1.75. The average molecular weight is 461 g/mol. The lowest BCUT2D eigenvalue weighted by molar-refractivity contribution is 0.0555. The number of carbonyl (C=O) groups excluding carboxylic acids is 1. The molecule has 0 saturated heterocycles. The number of para-hydroxylation sites is 1. The van der Waals surface area contributed by atoms with Crippen LogP contribution < -0.4 is 5.32 Å². The van der Waals surface area contributed by atoms with Crippen molar-refractivity contribution in [3.63, 3.8) is 0 Å². The first-order valence-electron chi connectivity index (χ1n) is 9.60. The standard InChI is InChI=1S/C22H21ClN4O3.ClH/c1-3-22(13(2)28,27-20(29)17-11-24-12-25-17)16-5-4-6-18-19(16)26-21(30-18)14-7-9-15(23)10-8-14;/h4-13,28H,3H2,1-2H3,(H,24,25)(H,27,29);1H/t13-,22-;/m0./s1. The number of aliphatic hydroxyl groups is 1. The average Bonchev–Trinajstić information content (AvgIpc) is 3.42. The molecular formula is C22H22Cl2N4O3. The Morgan fingerprint density at radius 1 is 1.29 bits per heavy atom. The van der Waals surface area contributed by atoms with Gasteiger partial charge in [-0.05, 0) is 43.7 Å². The van der Waals surface area contributed by atoms with Crippen LogP contribution in [0.3, 0.4) is 0 Å². The summed E-state index contributed by atoms with van der Waals surface area (Å²) in [4.78, 5) is 24.3. The number of aliphatic hydroxyl groups excluding tert-OH is 1. The third kappa shape index (κ3) is 4.17. The number of fused-ring (bicyclic) bond motifs is 1. The number of amides is 1. The Morgan fingerprint density at radius 3 is 2.65 bits per heavy atom. The Morgan fingerprint density at radius 2 is 2.03 bits per heavy atom. The second-order valence-corrected chi connectivity index (χ2v) is 7.52. The summed E-state index contributed by atoms with van der Waals surface area (Å²) in [5, 5.41) is 14.4. The Balaban J connectivity index is 0.00000272. The van der Waals surface area contributed by atoms with Gasteiger partial charge in [0.05, 0.1) is 18.0 Å². The summed E-state index contributed by atoms with van der Waals surface area (Å²) in [6.07, 6.45) is 2.48. The fraction of sp³-hybridized carbons (Fsp3) is 0.227. The zero-order valence-corrected chi connectivity index (χ0v) is 18.5. The smallest absolute Gasteiger partial charge is 0.272 e. The number of oxazole rings is 1. The molecule has 0 fully saturated rings. The first-order chi connectivity index (χ1) is 14.4. The third-order valence-electron chi connectivity index (χ3n) is 5.33. The first-order valence-corrected chi connectivity index (χ1v) is 9.97. The molecular weight excluding hydrogens is 439 g/mol. The van der Waals surface area contributed by atoms with Gasteiger partial charge in [0.15, 0.2) is 5.58 Å². The van der Waals surface area contributed by atoms with E-state index in [9.17, 15) is 9.90 Å². The summed E-state index contributed by atoms with van der Waals surface area (Å²) >= 11 is 5.98. The van der Waals surface area contributed by atoms with Gasteiger partial charge in [0, 0.05) is 22.3 Å². The van der Waals surface area contributed by atoms with Crippen LogP contribution in [0.15, 0.2) is 59.4 Å². The number of nitrogens with zero attached hydrogens (tertiary/aromatic N) is 2. The van der Waals surface area contributed by atoms with Crippen LogP contribution in [0, 0.1) is 0 Å². The van der Waals surface area contributed by atoms with Crippen molar-refractivity contribution in [2.75, 3.05) is 0 Å². The molecule has 2 heterocycles. The van der Waals surface area contributed by atoms with E-state index < -0.39 is 17.6 Å². The monoisotopic (exact) mass is 460 g/mol. The third-order valence-corrected chi connectivity index (χ3v) is 5.58. The number of halogens is 2. The van der Waals surface area contributed by atoms with Crippen LogP contribution in [-0.2, 0) is 5.54 Å². The van der Waals surface area contributed by atoms with Crippen molar-refractivity contribution in [1.82, 2.24) is 20.3 Å². The van der Waals surface area contributed by atoms with Crippen molar-refractivity contribution in [3.8, 4) is 11.5 Å². The van der Waals surface area contributed by atoms with Gasteiger partial charge in [-0.1, -0.05) is 30.7 Å². The number of H-pyrrole nitrogens is 1. The van der Waals surface area contributed by atoms with E-state index in [1.807, 2.05) is 37.3 Å². The van der Waals surface area contributed by atoms with Crippen molar-refractivity contribution >= 4 is 41.0 Å². The summed E-state index contributed by atoms with van der Waals surface area (Å²) in [6.45, 7) is 3.55. The van der Waals surface area contributed by atoms with E-state index in [4.69, 9.17) is 16.0 Å². The van der Waals surface area contributed by atoms with Crippen LogP contribution in [0.4, 0.5) is 0 Å². The lowest BCUT2D eigenvalue weighted by atomic mass is 9.81. The highest BCUT2D eigenvalue weighted by Crippen LogP contribution is 2.36. The number of imidazole rings is 1. The molecule has 4 aromatic rings. The van der Waals surface area contributed by atoms with Gasteiger partial charge in [0.25, 0.3) is 5.91 Å². The predicted molar refractivity (Wildman–Crippen MR) is 121 cm³/mol. The van der Waals surface area contributed by atoms with Gasteiger partial charge in [-0.25, -0.2) is 9.97 Å². The minimum atomic E-state index is -1.08. The second kappa shape index (κ2) is 9.09. The molecule has 7 nitrogen and oxygen atoms in total. The van der Waals surface area contributed by atoms with Crippen LogP contribution in [0.2, 0.25) is 5.02 Å². The van der Waals surface area contributed by atoms with E-state index in [0.717, 1.165) is 5.56 Å². The molecule has 31 heavy (non-hydrogen) atoms. The summed E-state index contributed by atoms with van der Waals surface area (Å²) < 4.78 is 5.97. The predicted octanol–water partition coefficient (Wildman–Crippen LogP) is 4.71. The van der Waals surface area contributed by atoms with Gasteiger partial charge < -0.3 is 19.8 Å². The molecule has 0 spiro atoms. The normalized spacial score (nSPS) is 13.9. The number of hydrogen-bond donors (Lipinski definition) is 3. The molecule has 2 aromatic carbocycles. The Hall–Kier alpha value is -2.87. The van der Waals surface area contributed by atoms with E-state index in [-0.39, 0.29) is 18.1 Å². The lowest BCUT2D eigenvalue weighted by Crippen LogP contribution is -2.53. The molecule has 2 aromatic heterocycles. The quantitative estimate of drug-likeness (QED) is 0.386. The van der Waals surface area contributed by atoms with Crippen molar-refractivity contribution in [2.24, 2.45) is 0 Å². The fourth-order valence-corrected chi connectivity index (χ4v) is 3.77. The number of aromatic nitrogens is 3. The van der Waals surface area contributed by atoms with Crippen LogP contribution >= 0.6 is 24.0 Å². The zero-order valence-electron chi connectivity index (χ0n) is 16.9. The highest BCUT2D eigenvalue weighted by atomic mass is 35.5. The van der Waals surface area contributed by atoms with Crippen molar-refractivity contribution < 1.29 is 14.3 Å². The molecule has 0 unspecified atom stereocenters. The van der Waals surface area contributed by atoms with Crippen molar-refractivity contribution in [2.45, 2.75) is 31.9 Å². The van der Waals surface area contributed by atoms with Crippen molar-refractivity contribution in [3.05, 3.63) is 71.3 Å². The molecule has 2 atom stereocenters. The minimum Gasteiger partial charge on any atom is -0.436 e. The SMILES string of the molecule is CC[C@@](NC(=O)c1c[nH]cn1)(c1cccc2oc(-c3ccc(Cl)cc3)nc12)[C@H](C)O.Cl. The molecule has 0 aliphatic heterocycles. The zero-order chi connectivity index (χ0) is 21.3. The highest BCUT2D eigenvalue weighted by Gasteiger charge is 2.40. The molecule has 162 valence electrons. The maximum Gasteiger partial charge on any atom is 0.272 e. The molecule has 0 saturated carbocycles. The van der Waals surface area contributed by atoms with E-state index in [1.54, 1.807) is 19.1 Å². The van der Waals surface area contributed by atoms with Crippen LogP contribution in [0.5, 0.6) is 0 Å².